The first-order valence-electron chi connectivity index (χ1n) is 9.48. The minimum absolute atomic E-state index is 0. The molecular weight excluding hydrogens is 416 g/mol. The summed E-state index contributed by atoms with van der Waals surface area (Å²) in [5.74, 6) is 0.405. The minimum atomic E-state index is -3.95. The third kappa shape index (κ3) is 5.44. The Morgan fingerprint density at radius 2 is 1.87 bits per heavy atom. The predicted octanol–water partition coefficient (Wildman–Crippen LogP) is 4.27. The van der Waals surface area contributed by atoms with Gasteiger partial charge in [0.25, 0.3) is 5.91 Å². The molecule has 0 bridgehead atoms. The summed E-state index contributed by atoms with van der Waals surface area (Å²) in [6.45, 7) is 8.00. The number of carbonyl (C=O) groups is 1. The molecule has 0 aliphatic heterocycles. The SMILES string of the molecule is Cc1ncccc1Oc1cc(C(C)(C)C)ccc1C(=O)Nc1cncc(S(N)(=O)=O)c1.[HH].[HH]. The molecular formula is C22H28N4O4S. The van der Waals surface area contributed by atoms with Gasteiger partial charge in [0.05, 0.1) is 23.1 Å². The van der Waals surface area contributed by atoms with Crippen LogP contribution in [0.1, 0.15) is 45.2 Å². The van der Waals surface area contributed by atoms with Crippen LogP contribution in [-0.2, 0) is 15.4 Å². The molecule has 0 saturated carbocycles. The van der Waals surface area contributed by atoms with Gasteiger partial charge >= 0.3 is 0 Å². The van der Waals surface area contributed by atoms with Gasteiger partial charge in [0, 0.05) is 15.2 Å². The topological polar surface area (TPSA) is 124 Å². The van der Waals surface area contributed by atoms with Crippen LogP contribution in [0.2, 0.25) is 0 Å². The third-order valence-electron chi connectivity index (χ3n) is 4.57. The molecule has 0 aliphatic carbocycles. The maximum absolute atomic E-state index is 13.0. The molecule has 3 N–H and O–H groups in total. The molecule has 1 amide bonds. The van der Waals surface area contributed by atoms with E-state index in [-0.39, 0.29) is 24.4 Å². The Bertz CT molecular complexity index is 1250. The van der Waals surface area contributed by atoms with Crippen molar-refractivity contribution in [2.75, 3.05) is 5.32 Å². The van der Waals surface area contributed by atoms with Crippen LogP contribution in [0.4, 0.5) is 5.69 Å². The summed E-state index contributed by atoms with van der Waals surface area (Å²) in [6, 6.07) is 10.1. The van der Waals surface area contributed by atoms with Gasteiger partial charge in [-0.05, 0) is 48.2 Å². The Kier molecular flexibility index (Phi) is 6.10. The zero-order valence-electron chi connectivity index (χ0n) is 17.7. The molecule has 2 aromatic heterocycles. The van der Waals surface area contributed by atoms with Crippen LogP contribution in [-0.4, -0.2) is 24.3 Å². The van der Waals surface area contributed by atoms with Crippen molar-refractivity contribution in [1.29, 1.82) is 0 Å². The van der Waals surface area contributed by atoms with Crippen molar-refractivity contribution in [3.05, 3.63) is 71.8 Å². The summed E-state index contributed by atoms with van der Waals surface area (Å²) in [5, 5.41) is 7.80. The number of sulfonamides is 1. The van der Waals surface area contributed by atoms with Crippen LogP contribution in [0.3, 0.4) is 0 Å². The molecule has 0 aliphatic rings. The highest BCUT2D eigenvalue weighted by Gasteiger charge is 2.21. The van der Waals surface area contributed by atoms with Crippen LogP contribution in [0.5, 0.6) is 11.5 Å². The van der Waals surface area contributed by atoms with E-state index >= 15 is 0 Å². The van der Waals surface area contributed by atoms with E-state index < -0.39 is 15.9 Å². The van der Waals surface area contributed by atoms with Crippen LogP contribution in [0.15, 0.2) is 59.9 Å². The Hall–Kier alpha value is -3.30. The lowest BCUT2D eigenvalue weighted by atomic mass is 9.86. The summed E-state index contributed by atoms with van der Waals surface area (Å²) in [4.78, 5) is 20.9. The lowest BCUT2D eigenvalue weighted by Gasteiger charge is -2.21. The third-order valence-corrected chi connectivity index (χ3v) is 5.45. The van der Waals surface area contributed by atoms with Crippen molar-refractivity contribution in [2.45, 2.75) is 38.0 Å². The Balaban J connectivity index is 0.00000272. The van der Waals surface area contributed by atoms with Gasteiger partial charge in [0.1, 0.15) is 16.4 Å². The molecule has 0 atom stereocenters. The molecule has 31 heavy (non-hydrogen) atoms. The number of ether oxygens (including phenoxy) is 1. The molecule has 0 spiro atoms. The minimum Gasteiger partial charge on any atom is -0.455 e. The summed E-state index contributed by atoms with van der Waals surface area (Å²) in [7, 11) is -3.95. The largest absolute Gasteiger partial charge is 0.455 e. The number of aryl methyl sites for hydroxylation is 1. The van der Waals surface area contributed by atoms with Crippen molar-refractivity contribution in [2.24, 2.45) is 5.14 Å². The fourth-order valence-corrected chi connectivity index (χ4v) is 3.30. The predicted molar refractivity (Wildman–Crippen MR) is 122 cm³/mol. The number of amides is 1. The standard InChI is InChI=1S/C22H24N4O4S.2H2/c1-14-19(6-5-9-25-14)30-20-10-15(22(2,3)4)7-8-18(20)21(27)26-16-11-17(13-24-12-16)31(23,28)29;;/h5-13H,1-4H3,(H,26,27)(H2,23,28,29);2*1H. The van der Waals surface area contributed by atoms with Gasteiger partial charge in [0.2, 0.25) is 10.0 Å². The number of primary sulfonamides is 1. The Labute approximate surface area is 184 Å². The van der Waals surface area contributed by atoms with E-state index in [4.69, 9.17) is 9.88 Å². The second-order valence-electron chi connectivity index (χ2n) is 8.06. The van der Waals surface area contributed by atoms with E-state index in [1.54, 1.807) is 24.4 Å². The molecule has 2 heterocycles. The Morgan fingerprint density at radius 3 is 2.52 bits per heavy atom. The molecule has 8 nitrogen and oxygen atoms in total. The van der Waals surface area contributed by atoms with E-state index in [2.05, 4.69) is 36.1 Å². The first-order valence-corrected chi connectivity index (χ1v) is 11.0. The quantitative estimate of drug-likeness (QED) is 0.606. The molecule has 0 radical (unpaired) electrons. The van der Waals surface area contributed by atoms with Crippen molar-refractivity contribution < 1.29 is 20.8 Å². The van der Waals surface area contributed by atoms with Gasteiger partial charge in [-0.25, -0.2) is 13.6 Å². The summed E-state index contributed by atoms with van der Waals surface area (Å²) in [5.41, 5.74) is 1.97. The maximum atomic E-state index is 13.0. The molecule has 166 valence electrons. The molecule has 9 heteroatoms. The first-order chi connectivity index (χ1) is 14.4. The number of nitrogens with zero attached hydrogens (tertiary/aromatic N) is 2. The van der Waals surface area contributed by atoms with E-state index in [0.29, 0.717) is 17.2 Å². The molecule has 3 aromatic rings. The second-order valence-corrected chi connectivity index (χ2v) is 9.62. The fourth-order valence-electron chi connectivity index (χ4n) is 2.80. The first kappa shape index (κ1) is 22.4. The number of rotatable bonds is 5. The number of hydrogen-bond acceptors (Lipinski definition) is 6. The van der Waals surface area contributed by atoms with E-state index in [9.17, 15) is 13.2 Å². The summed E-state index contributed by atoms with van der Waals surface area (Å²) in [6.07, 6.45) is 4.11. The summed E-state index contributed by atoms with van der Waals surface area (Å²) < 4.78 is 29.2. The lowest BCUT2D eigenvalue weighted by molar-refractivity contribution is 0.102. The number of anilines is 1. The smallest absolute Gasteiger partial charge is 0.259 e. The number of benzene rings is 1. The van der Waals surface area contributed by atoms with Gasteiger partial charge in [0.15, 0.2) is 0 Å². The van der Waals surface area contributed by atoms with Crippen LogP contribution in [0.25, 0.3) is 0 Å². The van der Waals surface area contributed by atoms with Gasteiger partial charge in [-0.2, -0.15) is 0 Å². The van der Waals surface area contributed by atoms with Crippen LogP contribution < -0.4 is 15.2 Å². The van der Waals surface area contributed by atoms with E-state index in [1.807, 2.05) is 19.1 Å². The molecule has 3 rings (SSSR count). The zero-order chi connectivity index (χ0) is 22.8. The average molecular weight is 445 g/mol. The number of pyridine rings is 2. The number of carbonyl (C=O) groups excluding carboxylic acids is 1. The van der Waals surface area contributed by atoms with E-state index in [1.165, 1.54) is 12.3 Å². The highest BCUT2D eigenvalue weighted by Crippen LogP contribution is 2.33. The highest BCUT2D eigenvalue weighted by atomic mass is 32.2. The average Bonchev–Trinajstić information content (AvgIpc) is 2.68. The zero-order valence-corrected chi connectivity index (χ0v) is 18.5. The van der Waals surface area contributed by atoms with Gasteiger partial charge in [-0.1, -0.05) is 26.8 Å². The van der Waals surface area contributed by atoms with Gasteiger partial charge in [-0.3, -0.25) is 14.8 Å². The molecule has 1 aromatic carbocycles. The van der Waals surface area contributed by atoms with Gasteiger partial charge in [-0.15, -0.1) is 0 Å². The van der Waals surface area contributed by atoms with E-state index in [0.717, 1.165) is 11.8 Å². The van der Waals surface area contributed by atoms with Crippen LogP contribution >= 0.6 is 0 Å². The molecule has 0 unspecified atom stereocenters. The fraction of sp³-hybridized carbons (Fsp3) is 0.227. The number of nitrogens with two attached hydrogens (primary N) is 1. The Morgan fingerprint density at radius 1 is 1.13 bits per heavy atom. The second kappa shape index (κ2) is 8.44. The van der Waals surface area contributed by atoms with Gasteiger partial charge < -0.3 is 10.1 Å². The lowest BCUT2D eigenvalue weighted by Crippen LogP contribution is -2.17. The van der Waals surface area contributed by atoms with Crippen molar-refractivity contribution in [3.63, 3.8) is 0 Å². The van der Waals surface area contributed by atoms with Crippen molar-refractivity contribution in [1.82, 2.24) is 9.97 Å². The van der Waals surface area contributed by atoms with Crippen molar-refractivity contribution >= 4 is 21.6 Å². The summed E-state index contributed by atoms with van der Waals surface area (Å²) >= 11 is 0. The molecule has 0 fully saturated rings. The highest BCUT2D eigenvalue weighted by molar-refractivity contribution is 7.89. The number of nitrogens with one attached hydrogen (secondary N) is 1. The number of hydrogen-bond donors (Lipinski definition) is 2. The monoisotopic (exact) mass is 444 g/mol. The van der Waals surface area contributed by atoms with Crippen LogP contribution in [0, 0.1) is 6.92 Å². The maximum Gasteiger partial charge on any atom is 0.259 e. The molecule has 0 saturated heterocycles. The van der Waals surface area contributed by atoms with Crippen molar-refractivity contribution in [3.8, 4) is 11.5 Å². The normalized spacial score (nSPS) is 11.8. The number of aromatic nitrogens is 2.